The highest BCUT2D eigenvalue weighted by molar-refractivity contribution is 7.92. The number of nitrogens with zero attached hydrogens (tertiary/aromatic N) is 2. The van der Waals surface area contributed by atoms with Crippen LogP contribution in [-0.2, 0) is 21.9 Å². The number of hydrogen-bond acceptors (Lipinski definition) is 4. The van der Waals surface area contributed by atoms with Crippen molar-refractivity contribution in [2.45, 2.75) is 4.90 Å². The predicted octanol–water partition coefficient (Wildman–Crippen LogP) is 1.96. The van der Waals surface area contributed by atoms with Gasteiger partial charge in [-0.2, -0.15) is 0 Å². The molecule has 8 nitrogen and oxygen atoms in total. The van der Waals surface area contributed by atoms with E-state index in [1.54, 1.807) is 54.6 Å². The number of para-hydroxylation sites is 2. The minimum Gasteiger partial charge on any atom is -0.364 e. The molecule has 0 atom stereocenters. The van der Waals surface area contributed by atoms with Crippen molar-refractivity contribution < 1.29 is 18.0 Å². The first-order chi connectivity index (χ1) is 13.8. The zero-order valence-corrected chi connectivity index (χ0v) is 16.5. The van der Waals surface area contributed by atoms with E-state index in [1.807, 2.05) is 6.07 Å². The number of anilines is 2. The second-order valence-corrected chi connectivity index (χ2v) is 8.16. The molecule has 1 heterocycles. The molecule has 2 aromatic carbocycles. The molecule has 9 heteroatoms. The molecule has 0 saturated carbocycles. The quantitative estimate of drug-likeness (QED) is 0.617. The van der Waals surface area contributed by atoms with Gasteiger partial charge in [0.25, 0.3) is 15.9 Å². The van der Waals surface area contributed by atoms with Crippen LogP contribution in [0.5, 0.6) is 0 Å². The first kappa shape index (κ1) is 20.2. The van der Waals surface area contributed by atoms with Gasteiger partial charge in [0.1, 0.15) is 17.1 Å². The van der Waals surface area contributed by atoms with Crippen LogP contribution in [0, 0.1) is 0 Å². The molecule has 3 aromatic rings. The van der Waals surface area contributed by atoms with Crippen molar-refractivity contribution in [1.29, 1.82) is 0 Å². The zero-order valence-electron chi connectivity index (χ0n) is 15.6. The zero-order chi connectivity index (χ0) is 21.0. The van der Waals surface area contributed by atoms with Gasteiger partial charge in [0.15, 0.2) is 0 Å². The van der Waals surface area contributed by atoms with Gasteiger partial charge in [0.2, 0.25) is 5.91 Å². The molecule has 0 aliphatic carbocycles. The summed E-state index contributed by atoms with van der Waals surface area (Å²) in [6.45, 7) is -0.442. The molecular formula is C20H20N4O4S. The summed E-state index contributed by atoms with van der Waals surface area (Å²) in [6.07, 6.45) is 1.29. The molecule has 0 saturated heterocycles. The number of aromatic nitrogens is 1. The highest BCUT2D eigenvalue weighted by Gasteiger charge is 2.29. The van der Waals surface area contributed by atoms with Gasteiger partial charge >= 0.3 is 0 Å². The van der Waals surface area contributed by atoms with E-state index in [0.717, 1.165) is 4.31 Å². The molecule has 1 aromatic heterocycles. The van der Waals surface area contributed by atoms with E-state index in [1.165, 1.54) is 23.9 Å². The molecular weight excluding hydrogens is 392 g/mol. The van der Waals surface area contributed by atoms with Crippen molar-refractivity contribution in [2.24, 2.45) is 12.8 Å². The number of amides is 2. The van der Waals surface area contributed by atoms with E-state index in [9.17, 15) is 18.0 Å². The van der Waals surface area contributed by atoms with Crippen molar-refractivity contribution >= 4 is 33.2 Å². The minimum atomic E-state index is -4.13. The summed E-state index contributed by atoms with van der Waals surface area (Å²) in [5.74, 6) is -1.25. The summed E-state index contributed by atoms with van der Waals surface area (Å²) < 4.78 is 28.9. The molecule has 29 heavy (non-hydrogen) atoms. The second kappa shape index (κ2) is 8.19. The summed E-state index contributed by atoms with van der Waals surface area (Å²) in [7, 11) is -2.61. The van der Waals surface area contributed by atoms with E-state index in [4.69, 9.17) is 5.73 Å². The Morgan fingerprint density at radius 3 is 2.17 bits per heavy atom. The van der Waals surface area contributed by atoms with E-state index in [2.05, 4.69) is 5.32 Å². The number of benzene rings is 2. The topological polar surface area (TPSA) is 114 Å². The Kier molecular flexibility index (Phi) is 5.69. The molecule has 0 aliphatic heterocycles. The number of carbonyl (C=O) groups is 2. The first-order valence-corrected chi connectivity index (χ1v) is 10.1. The van der Waals surface area contributed by atoms with Crippen LogP contribution in [0.1, 0.15) is 10.5 Å². The maximum atomic E-state index is 13.3. The Labute approximate surface area is 168 Å². The van der Waals surface area contributed by atoms with Crippen LogP contribution in [0.2, 0.25) is 0 Å². The first-order valence-electron chi connectivity index (χ1n) is 8.68. The second-order valence-electron chi connectivity index (χ2n) is 6.30. The summed E-state index contributed by atoms with van der Waals surface area (Å²) in [5.41, 5.74) is 6.21. The summed E-state index contributed by atoms with van der Waals surface area (Å²) >= 11 is 0. The third kappa shape index (κ3) is 4.46. The number of hydrogen-bond donors (Lipinski definition) is 2. The smallest absolute Gasteiger partial charge is 0.266 e. The van der Waals surface area contributed by atoms with Crippen molar-refractivity contribution in [3.05, 3.63) is 78.6 Å². The molecule has 0 aliphatic rings. The van der Waals surface area contributed by atoms with Crippen LogP contribution in [0.25, 0.3) is 0 Å². The fraction of sp³-hybridized carbons (Fsp3) is 0.100. The van der Waals surface area contributed by atoms with Crippen LogP contribution in [-0.4, -0.2) is 31.3 Å². The standard InChI is InChI=1S/C20H20N4O4S/c1-23-13-17(12-18(23)20(21)26)29(27,28)24(16-10-6-3-7-11-16)14-19(25)22-15-8-4-2-5-9-15/h2-13H,14H2,1H3,(H2,21,26)(H,22,25). The van der Waals surface area contributed by atoms with Crippen LogP contribution in [0.15, 0.2) is 77.8 Å². The predicted molar refractivity (Wildman–Crippen MR) is 110 cm³/mol. The maximum Gasteiger partial charge on any atom is 0.266 e. The minimum absolute atomic E-state index is 0.0466. The highest BCUT2D eigenvalue weighted by Crippen LogP contribution is 2.25. The third-order valence-corrected chi connectivity index (χ3v) is 5.95. The third-order valence-electron chi connectivity index (χ3n) is 4.21. The molecule has 0 bridgehead atoms. The van der Waals surface area contributed by atoms with E-state index >= 15 is 0 Å². The summed E-state index contributed by atoms with van der Waals surface area (Å²) in [4.78, 5) is 23.9. The van der Waals surface area contributed by atoms with Gasteiger partial charge in [-0.3, -0.25) is 13.9 Å². The number of nitrogens with one attached hydrogen (secondary N) is 1. The van der Waals surface area contributed by atoms with Crippen molar-refractivity contribution in [3.63, 3.8) is 0 Å². The molecule has 0 spiro atoms. The highest BCUT2D eigenvalue weighted by atomic mass is 32.2. The van der Waals surface area contributed by atoms with E-state index in [-0.39, 0.29) is 10.6 Å². The fourth-order valence-electron chi connectivity index (χ4n) is 2.81. The number of aryl methyl sites for hydroxylation is 1. The Hall–Kier alpha value is -3.59. The van der Waals surface area contributed by atoms with Crippen molar-refractivity contribution in [2.75, 3.05) is 16.2 Å². The van der Waals surface area contributed by atoms with Gasteiger partial charge in [-0.15, -0.1) is 0 Å². The molecule has 3 N–H and O–H groups in total. The van der Waals surface area contributed by atoms with Gasteiger partial charge < -0.3 is 15.6 Å². The fourth-order valence-corrected chi connectivity index (χ4v) is 4.30. The Balaban J connectivity index is 1.96. The lowest BCUT2D eigenvalue weighted by atomic mass is 10.3. The Morgan fingerprint density at radius 2 is 1.62 bits per heavy atom. The number of primary amides is 1. The lowest BCUT2D eigenvalue weighted by Gasteiger charge is -2.23. The van der Waals surface area contributed by atoms with E-state index < -0.39 is 28.4 Å². The Morgan fingerprint density at radius 1 is 1.03 bits per heavy atom. The SMILES string of the molecule is Cn1cc(S(=O)(=O)N(CC(=O)Nc2ccccc2)c2ccccc2)cc1C(N)=O. The average Bonchev–Trinajstić information content (AvgIpc) is 3.10. The van der Waals surface area contributed by atoms with Crippen LogP contribution >= 0.6 is 0 Å². The molecule has 0 fully saturated rings. The van der Waals surface area contributed by atoms with Crippen LogP contribution in [0.3, 0.4) is 0 Å². The molecule has 150 valence electrons. The molecule has 0 radical (unpaired) electrons. The Bertz CT molecular complexity index is 1130. The molecule has 3 rings (SSSR count). The van der Waals surface area contributed by atoms with Crippen LogP contribution in [0.4, 0.5) is 11.4 Å². The number of rotatable bonds is 7. The van der Waals surface area contributed by atoms with Gasteiger partial charge in [0.05, 0.1) is 5.69 Å². The van der Waals surface area contributed by atoms with Crippen LogP contribution < -0.4 is 15.4 Å². The number of sulfonamides is 1. The summed E-state index contributed by atoms with van der Waals surface area (Å²) in [6, 6.07) is 18.2. The molecule has 0 unspecified atom stereocenters. The van der Waals surface area contributed by atoms with E-state index in [0.29, 0.717) is 11.4 Å². The lowest BCUT2D eigenvalue weighted by molar-refractivity contribution is -0.114. The normalized spacial score (nSPS) is 11.1. The molecule has 2 amide bonds. The monoisotopic (exact) mass is 412 g/mol. The van der Waals surface area contributed by atoms with Gasteiger partial charge in [-0.05, 0) is 30.3 Å². The number of carbonyl (C=O) groups excluding carboxylic acids is 2. The largest absolute Gasteiger partial charge is 0.364 e. The number of nitrogens with two attached hydrogens (primary N) is 1. The average molecular weight is 412 g/mol. The summed E-state index contributed by atoms with van der Waals surface area (Å²) in [5, 5.41) is 2.68. The van der Waals surface area contributed by atoms with Crippen molar-refractivity contribution in [3.8, 4) is 0 Å². The lowest BCUT2D eigenvalue weighted by Crippen LogP contribution is -2.38. The van der Waals surface area contributed by atoms with Crippen molar-refractivity contribution in [1.82, 2.24) is 4.57 Å². The van der Waals surface area contributed by atoms with Gasteiger partial charge in [0, 0.05) is 18.9 Å². The van der Waals surface area contributed by atoms with Gasteiger partial charge in [-0.25, -0.2) is 8.42 Å². The maximum absolute atomic E-state index is 13.3. The van der Waals surface area contributed by atoms with Gasteiger partial charge in [-0.1, -0.05) is 36.4 Å².